The van der Waals surface area contributed by atoms with Crippen LogP contribution in [0.15, 0.2) is 24.3 Å². The van der Waals surface area contributed by atoms with Crippen molar-refractivity contribution in [1.29, 1.82) is 0 Å². The van der Waals surface area contributed by atoms with Gasteiger partial charge in [0, 0.05) is 20.1 Å². The Balaban J connectivity index is 1.84. The number of carbonyl (C=O) groups excluding carboxylic acids is 2. The number of nitrogens with zero attached hydrogens (tertiary/aromatic N) is 1. The van der Waals surface area contributed by atoms with Crippen LogP contribution in [0.2, 0.25) is 0 Å². The van der Waals surface area contributed by atoms with Crippen LogP contribution in [0.4, 0.5) is 0 Å². The van der Waals surface area contributed by atoms with Crippen LogP contribution in [0.1, 0.15) is 59.4 Å². The normalized spacial score (nSPS) is 30.5. The fourth-order valence-electron chi connectivity index (χ4n) is 4.52. The van der Waals surface area contributed by atoms with Gasteiger partial charge in [-0.05, 0) is 62.5 Å². The van der Waals surface area contributed by atoms with Gasteiger partial charge in [-0.2, -0.15) is 0 Å². The summed E-state index contributed by atoms with van der Waals surface area (Å²) in [5.74, 6) is 0.924. The van der Waals surface area contributed by atoms with Gasteiger partial charge in [-0.15, -0.1) is 0 Å². The molecule has 1 heterocycles. The van der Waals surface area contributed by atoms with Crippen LogP contribution < -0.4 is 20.7 Å². The SMILES string of the molecule is C[C@@H]1CN[C@@H](C2CC2)C(=O)N(C)[C@H](C)C(O)N[C@H](C(C)(C)C)C(=O)NCCCc2ccccc2O1. The second-order valence-electron chi connectivity index (χ2n) is 11.3. The van der Waals surface area contributed by atoms with Crippen LogP contribution in [0.5, 0.6) is 5.75 Å². The number of likely N-dealkylation sites (N-methyl/N-ethyl adjacent to an activating group) is 1. The Hall–Kier alpha value is -2.16. The molecule has 196 valence electrons. The molecule has 1 aliphatic carbocycles. The van der Waals surface area contributed by atoms with Crippen molar-refractivity contribution in [3.63, 3.8) is 0 Å². The van der Waals surface area contributed by atoms with Crippen molar-refractivity contribution in [2.75, 3.05) is 20.1 Å². The molecule has 0 aromatic heterocycles. The third-order valence-electron chi connectivity index (χ3n) is 7.09. The number of aryl methyl sites for hydroxylation is 1. The molecule has 1 unspecified atom stereocenters. The molecule has 0 bridgehead atoms. The molecule has 1 saturated carbocycles. The molecular formula is C27H44N4O4. The Labute approximate surface area is 210 Å². The van der Waals surface area contributed by atoms with Gasteiger partial charge in [-0.3, -0.25) is 14.9 Å². The summed E-state index contributed by atoms with van der Waals surface area (Å²) in [7, 11) is 1.72. The first-order chi connectivity index (χ1) is 16.5. The summed E-state index contributed by atoms with van der Waals surface area (Å²) in [6.07, 6.45) is 2.40. The Morgan fingerprint density at radius 3 is 2.46 bits per heavy atom. The fourth-order valence-corrected chi connectivity index (χ4v) is 4.52. The van der Waals surface area contributed by atoms with Crippen LogP contribution in [-0.2, 0) is 16.0 Å². The maximum atomic E-state index is 13.4. The van der Waals surface area contributed by atoms with Crippen LogP contribution in [0.3, 0.4) is 0 Å². The first kappa shape index (κ1) is 27.4. The van der Waals surface area contributed by atoms with Gasteiger partial charge in [0.1, 0.15) is 18.1 Å². The molecule has 5 atom stereocenters. The minimum absolute atomic E-state index is 0.0497. The zero-order valence-electron chi connectivity index (χ0n) is 22.1. The highest BCUT2D eigenvalue weighted by molar-refractivity contribution is 5.83. The summed E-state index contributed by atoms with van der Waals surface area (Å²) in [6, 6.07) is 6.54. The highest BCUT2D eigenvalue weighted by Crippen LogP contribution is 2.34. The van der Waals surface area contributed by atoms with E-state index in [1.807, 2.05) is 45.9 Å². The number of benzene rings is 1. The standard InChI is InChI=1S/C27H44N4O4/c1-17-16-29-22(20-13-14-20)26(34)31(6)18(2)24(32)30-23(27(3,4)5)25(33)28-15-9-11-19-10-7-8-12-21(19)35-17/h7-8,10,12,17-18,20,22-24,29-30,32H,9,11,13-16H2,1-6H3,(H,28,33)/t17-,18-,22+,23+,24?/m1/s1. The lowest BCUT2D eigenvalue weighted by Crippen LogP contribution is -2.61. The lowest BCUT2D eigenvalue weighted by atomic mass is 9.85. The van der Waals surface area contributed by atoms with Crippen LogP contribution >= 0.6 is 0 Å². The monoisotopic (exact) mass is 488 g/mol. The Morgan fingerprint density at radius 2 is 1.80 bits per heavy atom. The van der Waals surface area contributed by atoms with Crippen molar-refractivity contribution in [3.8, 4) is 5.75 Å². The van der Waals surface area contributed by atoms with Crippen molar-refractivity contribution in [3.05, 3.63) is 29.8 Å². The van der Waals surface area contributed by atoms with Crippen LogP contribution in [-0.4, -0.2) is 72.4 Å². The summed E-state index contributed by atoms with van der Waals surface area (Å²) in [4.78, 5) is 28.1. The molecule has 1 aromatic carbocycles. The van der Waals surface area contributed by atoms with Gasteiger partial charge in [0.15, 0.2) is 0 Å². The number of fused-ring (bicyclic) bond motifs is 1. The maximum absolute atomic E-state index is 13.4. The molecule has 8 heteroatoms. The number of hydrogen-bond donors (Lipinski definition) is 4. The second-order valence-corrected chi connectivity index (χ2v) is 11.3. The highest BCUT2D eigenvalue weighted by atomic mass is 16.5. The van der Waals surface area contributed by atoms with Gasteiger partial charge in [0.05, 0.1) is 18.1 Å². The first-order valence-electron chi connectivity index (χ1n) is 13.0. The van der Waals surface area contributed by atoms with E-state index in [1.165, 1.54) is 0 Å². The van der Waals surface area contributed by atoms with Crippen LogP contribution in [0.25, 0.3) is 0 Å². The van der Waals surface area contributed by atoms with Gasteiger partial charge in [0.25, 0.3) is 0 Å². The lowest BCUT2D eigenvalue weighted by molar-refractivity contribution is -0.138. The fraction of sp³-hybridized carbons (Fsp3) is 0.704. The zero-order valence-corrected chi connectivity index (χ0v) is 22.1. The molecule has 0 saturated heterocycles. The highest BCUT2D eigenvalue weighted by Gasteiger charge is 2.40. The average molecular weight is 489 g/mol. The number of ether oxygens (including phenoxy) is 1. The van der Waals surface area contributed by atoms with E-state index in [2.05, 4.69) is 22.0 Å². The predicted octanol–water partition coefficient (Wildman–Crippen LogP) is 2.05. The number of hydrogen-bond acceptors (Lipinski definition) is 6. The first-order valence-corrected chi connectivity index (χ1v) is 13.0. The summed E-state index contributed by atoms with van der Waals surface area (Å²) < 4.78 is 6.25. The van der Waals surface area contributed by atoms with Crippen molar-refractivity contribution < 1.29 is 19.4 Å². The lowest BCUT2D eigenvalue weighted by Gasteiger charge is -2.37. The van der Waals surface area contributed by atoms with E-state index >= 15 is 0 Å². The number of para-hydroxylation sites is 1. The number of carbonyl (C=O) groups is 2. The summed E-state index contributed by atoms with van der Waals surface area (Å²) in [5.41, 5.74) is 0.669. The number of amides is 2. The van der Waals surface area contributed by atoms with Crippen molar-refractivity contribution in [1.82, 2.24) is 20.9 Å². The number of rotatable bonds is 1. The average Bonchev–Trinajstić information content (AvgIpc) is 3.63. The van der Waals surface area contributed by atoms with E-state index in [9.17, 15) is 14.7 Å². The number of aliphatic hydroxyl groups is 1. The molecule has 1 aliphatic heterocycles. The Morgan fingerprint density at radius 1 is 1.11 bits per heavy atom. The molecule has 35 heavy (non-hydrogen) atoms. The molecule has 1 aromatic rings. The second kappa shape index (κ2) is 11.7. The third-order valence-corrected chi connectivity index (χ3v) is 7.09. The topological polar surface area (TPSA) is 103 Å². The zero-order chi connectivity index (χ0) is 25.8. The van der Waals surface area contributed by atoms with E-state index in [1.54, 1.807) is 18.9 Å². The smallest absolute Gasteiger partial charge is 0.240 e. The number of nitrogens with one attached hydrogen (secondary N) is 3. The molecule has 1 fully saturated rings. The number of aliphatic hydroxyl groups excluding tert-OH is 1. The molecule has 0 spiro atoms. The van der Waals surface area contributed by atoms with Gasteiger partial charge in [-0.1, -0.05) is 39.0 Å². The van der Waals surface area contributed by atoms with Crippen molar-refractivity contribution in [2.24, 2.45) is 11.3 Å². The molecule has 2 amide bonds. The van der Waals surface area contributed by atoms with E-state index in [0.29, 0.717) is 19.0 Å². The van der Waals surface area contributed by atoms with Crippen LogP contribution in [0, 0.1) is 11.3 Å². The predicted molar refractivity (Wildman–Crippen MR) is 137 cm³/mol. The third kappa shape index (κ3) is 7.41. The largest absolute Gasteiger partial charge is 0.489 e. The van der Waals surface area contributed by atoms with E-state index in [0.717, 1.165) is 37.0 Å². The quantitative estimate of drug-likeness (QED) is 0.483. The molecule has 0 radical (unpaired) electrons. The Bertz CT molecular complexity index is 867. The van der Waals surface area contributed by atoms with E-state index in [4.69, 9.17) is 4.74 Å². The minimum Gasteiger partial charge on any atom is -0.489 e. The van der Waals surface area contributed by atoms with Crippen molar-refractivity contribution in [2.45, 2.75) is 90.8 Å². The molecule has 3 rings (SSSR count). The molecular weight excluding hydrogens is 444 g/mol. The minimum atomic E-state index is -1.05. The van der Waals surface area contributed by atoms with Gasteiger partial charge < -0.3 is 25.4 Å². The summed E-state index contributed by atoms with van der Waals surface area (Å²) >= 11 is 0. The van der Waals surface area contributed by atoms with Gasteiger partial charge in [0.2, 0.25) is 11.8 Å². The van der Waals surface area contributed by atoms with Gasteiger partial charge >= 0.3 is 0 Å². The summed E-state index contributed by atoms with van der Waals surface area (Å²) in [5, 5.41) is 20.5. The van der Waals surface area contributed by atoms with Crippen molar-refractivity contribution >= 4 is 11.8 Å². The molecule has 4 N–H and O–H groups in total. The summed E-state index contributed by atoms with van der Waals surface area (Å²) in [6.45, 7) is 10.8. The van der Waals surface area contributed by atoms with E-state index in [-0.39, 0.29) is 24.0 Å². The maximum Gasteiger partial charge on any atom is 0.240 e. The Kier molecular flexibility index (Phi) is 9.18. The molecule has 8 nitrogen and oxygen atoms in total. The molecule has 2 aliphatic rings. The van der Waals surface area contributed by atoms with E-state index < -0.39 is 23.7 Å². The van der Waals surface area contributed by atoms with Gasteiger partial charge in [-0.25, -0.2) is 0 Å².